The van der Waals surface area contributed by atoms with Crippen molar-refractivity contribution in [3.63, 3.8) is 0 Å². The van der Waals surface area contributed by atoms with E-state index in [4.69, 9.17) is 4.74 Å². The summed E-state index contributed by atoms with van der Waals surface area (Å²) in [5.74, 6) is 0.690. The minimum Gasteiger partial charge on any atom is -0.377 e. The van der Waals surface area contributed by atoms with Gasteiger partial charge in [-0.25, -0.2) is 12.7 Å². The first-order chi connectivity index (χ1) is 8.65. The van der Waals surface area contributed by atoms with E-state index < -0.39 is 10.0 Å². The van der Waals surface area contributed by atoms with E-state index in [1.54, 1.807) is 4.31 Å². The summed E-state index contributed by atoms with van der Waals surface area (Å²) in [5.41, 5.74) is 0. The minimum absolute atomic E-state index is 0.0746. The van der Waals surface area contributed by atoms with Crippen LogP contribution >= 0.6 is 0 Å². The van der Waals surface area contributed by atoms with Crippen LogP contribution in [0.2, 0.25) is 0 Å². The molecule has 0 aliphatic carbocycles. The van der Waals surface area contributed by atoms with Crippen molar-refractivity contribution < 1.29 is 13.2 Å². The van der Waals surface area contributed by atoms with Crippen LogP contribution in [0.15, 0.2) is 0 Å². The number of nitrogens with one attached hydrogen (secondary N) is 1. The van der Waals surface area contributed by atoms with Gasteiger partial charge in [0, 0.05) is 25.7 Å². The van der Waals surface area contributed by atoms with Crippen LogP contribution < -0.4 is 5.32 Å². The zero-order valence-corrected chi connectivity index (χ0v) is 11.5. The summed E-state index contributed by atoms with van der Waals surface area (Å²) in [5, 5.41) is 3.46. The van der Waals surface area contributed by atoms with Crippen molar-refractivity contribution in [2.45, 2.75) is 37.8 Å². The zero-order valence-electron chi connectivity index (χ0n) is 10.7. The van der Waals surface area contributed by atoms with E-state index in [2.05, 4.69) is 5.32 Å². The molecule has 3 fully saturated rings. The van der Waals surface area contributed by atoms with Crippen LogP contribution in [0.1, 0.15) is 25.7 Å². The quantitative estimate of drug-likeness (QED) is 0.797. The van der Waals surface area contributed by atoms with E-state index in [0.29, 0.717) is 25.0 Å². The molecule has 3 aliphatic rings. The van der Waals surface area contributed by atoms with Gasteiger partial charge in [0.2, 0.25) is 10.0 Å². The first-order valence-electron chi connectivity index (χ1n) is 6.98. The number of fused-ring (bicyclic) bond motifs is 1. The second-order valence-corrected chi connectivity index (χ2v) is 7.68. The molecule has 0 amide bonds. The Labute approximate surface area is 109 Å². The molecule has 0 aromatic heterocycles. The number of ether oxygens (including phenoxy) is 1. The van der Waals surface area contributed by atoms with Crippen LogP contribution in [0.3, 0.4) is 0 Å². The Morgan fingerprint density at radius 3 is 2.94 bits per heavy atom. The van der Waals surface area contributed by atoms with Crippen molar-refractivity contribution in [3.8, 4) is 0 Å². The van der Waals surface area contributed by atoms with Gasteiger partial charge < -0.3 is 10.1 Å². The molecule has 5 nitrogen and oxygen atoms in total. The number of piperidine rings is 1. The molecule has 3 unspecified atom stereocenters. The molecule has 1 N–H and O–H groups in total. The van der Waals surface area contributed by atoms with E-state index in [-0.39, 0.29) is 11.9 Å². The number of sulfonamides is 1. The fourth-order valence-electron chi connectivity index (χ4n) is 3.38. The van der Waals surface area contributed by atoms with Gasteiger partial charge in [-0.3, -0.25) is 0 Å². The van der Waals surface area contributed by atoms with Crippen molar-refractivity contribution >= 4 is 10.0 Å². The van der Waals surface area contributed by atoms with Gasteiger partial charge in [-0.05, 0) is 38.1 Å². The van der Waals surface area contributed by atoms with Gasteiger partial charge in [-0.15, -0.1) is 0 Å². The van der Waals surface area contributed by atoms with E-state index in [9.17, 15) is 8.42 Å². The molecular weight excluding hydrogens is 252 g/mol. The lowest BCUT2D eigenvalue weighted by atomic mass is 9.95. The van der Waals surface area contributed by atoms with Crippen LogP contribution in [0.5, 0.6) is 0 Å². The van der Waals surface area contributed by atoms with Gasteiger partial charge in [0.05, 0.1) is 11.9 Å². The Bertz CT molecular complexity index is 392. The summed E-state index contributed by atoms with van der Waals surface area (Å²) in [6.07, 6.45) is 3.87. The van der Waals surface area contributed by atoms with Crippen molar-refractivity contribution in [1.82, 2.24) is 9.62 Å². The molecule has 3 atom stereocenters. The first-order valence-corrected chi connectivity index (χ1v) is 8.59. The second-order valence-electron chi connectivity index (χ2n) is 5.67. The van der Waals surface area contributed by atoms with Gasteiger partial charge in [-0.1, -0.05) is 0 Å². The van der Waals surface area contributed by atoms with Crippen molar-refractivity contribution in [2.75, 3.05) is 32.0 Å². The Kier molecular flexibility index (Phi) is 3.62. The third kappa shape index (κ3) is 2.57. The van der Waals surface area contributed by atoms with Crippen LogP contribution in [-0.4, -0.2) is 56.9 Å². The third-order valence-corrected chi connectivity index (χ3v) is 6.34. The van der Waals surface area contributed by atoms with E-state index in [0.717, 1.165) is 38.8 Å². The molecule has 18 heavy (non-hydrogen) atoms. The molecule has 3 saturated heterocycles. The summed E-state index contributed by atoms with van der Waals surface area (Å²) < 4.78 is 31.9. The standard InChI is InChI=1S/C12H22N2O3S/c15-18(16,9-11-2-1-7-17-11)14-6-4-12-10(8-14)3-5-13-12/h10-13H,1-9H2. The largest absolute Gasteiger partial charge is 0.377 e. The summed E-state index contributed by atoms with van der Waals surface area (Å²) in [7, 11) is -3.12. The smallest absolute Gasteiger partial charge is 0.216 e. The van der Waals surface area contributed by atoms with E-state index in [1.807, 2.05) is 0 Å². The Hall–Kier alpha value is -0.170. The first kappa shape index (κ1) is 12.8. The highest BCUT2D eigenvalue weighted by molar-refractivity contribution is 7.89. The highest BCUT2D eigenvalue weighted by Crippen LogP contribution is 2.27. The molecule has 0 radical (unpaired) electrons. The number of hydrogen-bond donors (Lipinski definition) is 1. The lowest BCUT2D eigenvalue weighted by Crippen LogP contribution is -2.48. The number of nitrogens with zero attached hydrogens (tertiary/aromatic N) is 1. The molecule has 3 heterocycles. The Morgan fingerprint density at radius 1 is 1.28 bits per heavy atom. The van der Waals surface area contributed by atoms with E-state index in [1.165, 1.54) is 0 Å². The predicted molar refractivity (Wildman–Crippen MR) is 68.8 cm³/mol. The Morgan fingerprint density at radius 2 is 2.17 bits per heavy atom. The number of rotatable bonds is 3. The van der Waals surface area contributed by atoms with Gasteiger partial charge in [0.15, 0.2) is 0 Å². The van der Waals surface area contributed by atoms with Crippen molar-refractivity contribution in [1.29, 1.82) is 0 Å². The normalized spacial score (nSPS) is 37.9. The maximum Gasteiger partial charge on any atom is 0.216 e. The van der Waals surface area contributed by atoms with Gasteiger partial charge in [0.25, 0.3) is 0 Å². The molecule has 104 valence electrons. The minimum atomic E-state index is -3.12. The molecule has 0 bridgehead atoms. The fourth-order valence-corrected chi connectivity index (χ4v) is 5.13. The lowest BCUT2D eigenvalue weighted by Gasteiger charge is -2.34. The SMILES string of the molecule is O=S(=O)(CC1CCCO1)N1CCC2NCCC2C1. The molecule has 3 rings (SSSR count). The molecule has 0 aromatic rings. The summed E-state index contributed by atoms with van der Waals surface area (Å²) in [6, 6.07) is 0.541. The van der Waals surface area contributed by atoms with Crippen LogP contribution in [0.4, 0.5) is 0 Å². The van der Waals surface area contributed by atoms with Gasteiger partial charge in [-0.2, -0.15) is 0 Å². The monoisotopic (exact) mass is 274 g/mol. The molecule has 3 aliphatic heterocycles. The summed E-state index contributed by atoms with van der Waals surface area (Å²) in [4.78, 5) is 0. The maximum atomic E-state index is 12.4. The second kappa shape index (κ2) is 5.07. The fraction of sp³-hybridized carbons (Fsp3) is 1.00. The van der Waals surface area contributed by atoms with Crippen LogP contribution in [0, 0.1) is 5.92 Å². The van der Waals surface area contributed by atoms with Crippen molar-refractivity contribution in [3.05, 3.63) is 0 Å². The van der Waals surface area contributed by atoms with Crippen LogP contribution in [0.25, 0.3) is 0 Å². The predicted octanol–water partition coefficient (Wildman–Crippen LogP) is 0.179. The molecule has 0 spiro atoms. The topological polar surface area (TPSA) is 58.6 Å². The van der Waals surface area contributed by atoms with Gasteiger partial charge >= 0.3 is 0 Å². The summed E-state index contributed by atoms with van der Waals surface area (Å²) >= 11 is 0. The van der Waals surface area contributed by atoms with Crippen molar-refractivity contribution in [2.24, 2.45) is 5.92 Å². The average molecular weight is 274 g/mol. The average Bonchev–Trinajstić information content (AvgIpc) is 2.97. The Balaban J connectivity index is 1.62. The highest BCUT2D eigenvalue weighted by Gasteiger charge is 2.38. The molecule has 0 saturated carbocycles. The summed E-state index contributed by atoms with van der Waals surface area (Å²) in [6.45, 7) is 3.12. The molecular formula is C12H22N2O3S. The van der Waals surface area contributed by atoms with Crippen LogP contribution in [-0.2, 0) is 14.8 Å². The highest BCUT2D eigenvalue weighted by atomic mass is 32.2. The van der Waals surface area contributed by atoms with E-state index >= 15 is 0 Å². The third-order valence-electron chi connectivity index (χ3n) is 4.43. The van der Waals surface area contributed by atoms with Gasteiger partial charge in [0.1, 0.15) is 0 Å². The number of hydrogen-bond acceptors (Lipinski definition) is 4. The maximum absolute atomic E-state index is 12.4. The zero-order chi connectivity index (χ0) is 12.6. The molecule has 6 heteroatoms. The lowest BCUT2D eigenvalue weighted by molar-refractivity contribution is 0.125. The molecule has 0 aromatic carbocycles.